The minimum atomic E-state index is -0.195. The van der Waals surface area contributed by atoms with Crippen LogP contribution in [0.2, 0.25) is 0 Å². The summed E-state index contributed by atoms with van der Waals surface area (Å²) in [5.41, 5.74) is 9.60. The highest BCUT2D eigenvalue weighted by molar-refractivity contribution is 5.66. The van der Waals surface area contributed by atoms with E-state index >= 15 is 0 Å². The van der Waals surface area contributed by atoms with E-state index in [1.807, 2.05) is 50.1 Å². The standard InChI is InChI=1S/C17H21FN2/c1-12-6-4-7-14(10-12)20(3)17-9-5-8-16(18)15(17)11-13(2)19/h4-10,13H,11,19H2,1-3H3. The van der Waals surface area contributed by atoms with Gasteiger partial charge in [-0.3, -0.25) is 0 Å². The van der Waals surface area contributed by atoms with E-state index in [-0.39, 0.29) is 11.9 Å². The maximum Gasteiger partial charge on any atom is 0.128 e. The Morgan fingerprint density at radius 1 is 1.20 bits per heavy atom. The summed E-state index contributed by atoms with van der Waals surface area (Å²) in [5.74, 6) is -0.195. The van der Waals surface area contributed by atoms with Crippen LogP contribution >= 0.6 is 0 Å². The molecule has 1 atom stereocenters. The zero-order valence-corrected chi connectivity index (χ0v) is 12.2. The Labute approximate surface area is 120 Å². The summed E-state index contributed by atoms with van der Waals surface area (Å²) >= 11 is 0. The van der Waals surface area contributed by atoms with Crippen molar-refractivity contribution in [3.05, 3.63) is 59.4 Å². The Morgan fingerprint density at radius 3 is 2.55 bits per heavy atom. The lowest BCUT2D eigenvalue weighted by Gasteiger charge is -2.24. The molecule has 2 rings (SSSR count). The van der Waals surface area contributed by atoms with Gasteiger partial charge in [-0.05, 0) is 50.1 Å². The summed E-state index contributed by atoms with van der Waals surface area (Å²) in [6.07, 6.45) is 0.526. The summed E-state index contributed by atoms with van der Waals surface area (Å²) in [7, 11) is 1.95. The highest BCUT2D eigenvalue weighted by Gasteiger charge is 2.14. The molecule has 0 aliphatic heterocycles. The molecule has 0 aliphatic rings. The van der Waals surface area contributed by atoms with E-state index in [0.717, 1.165) is 11.4 Å². The monoisotopic (exact) mass is 272 g/mol. The van der Waals surface area contributed by atoms with Gasteiger partial charge >= 0.3 is 0 Å². The molecule has 0 aliphatic carbocycles. The lowest BCUT2D eigenvalue weighted by molar-refractivity contribution is 0.596. The lowest BCUT2D eigenvalue weighted by Crippen LogP contribution is -2.21. The second-order valence-electron chi connectivity index (χ2n) is 5.32. The number of nitrogens with two attached hydrogens (primary N) is 1. The molecule has 2 aromatic rings. The Bertz CT molecular complexity index is 593. The fourth-order valence-corrected chi connectivity index (χ4v) is 2.36. The van der Waals surface area contributed by atoms with E-state index in [9.17, 15) is 4.39 Å². The molecule has 1 unspecified atom stereocenters. The van der Waals surface area contributed by atoms with Crippen molar-refractivity contribution >= 4 is 11.4 Å². The topological polar surface area (TPSA) is 29.3 Å². The zero-order valence-electron chi connectivity index (χ0n) is 12.2. The van der Waals surface area contributed by atoms with Gasteiger partial charge in [0.1, 0.15) is 5.82 Å². The molecular formula is C17H21FN2. The van der Waals surface area contributed by atoms with Crippen LogP contribution in [0.25, 0.3) is 0 Å². The van der Waals surface area contributed by atoms with Crippen LogP contribution < -0.4 is 10.6 Å². The molecule has 20 heavy (non-hydrogen) atoms. The van der Waals surface area contributed by atoms with Gasteiger partial charge in [0, 0.05) is 30.0 Å². The van der Waals surface area contributed by atoms with Crippen molar-refractivity contribution in [3.63, 3.8) is 0 Å². The second kappa shape index (κ2) is 6.06. The first-order valence-corrected chi connectivity index (χ1v) is 6.82. The van der Waals surface area contributed by atoms with Gasteiger partial charge in [0.25, 0.3) is 0 Å². The van der Waals surface area contributed by atoms with E-state index < -0.39 is 0 Å². The molecule has 106 valence electrons. The van der Waals surface area contributed by atoms with Crippen molar-refractivity contribution in [1.82, 2.24) is 0 Å². The zero-order chi connectivity index (χ0) is 14.7. The first-order chi connectivity index (χ1) is 9.49. The summed E-state index contributed by atoms with van der Waals surface area (Å²) in [4.78, 5) is 2.01. The van der Waals surface area contributed by atoms with E-state index in [4.69, 9.17) is 5.73 Å². The van der Waals surface area contributed by atoms with E-state index in [1.165, 1.54) is 11.6 Å². The first kappa shape index (κ1) is 14.5. The Hall–Kier alpha value is -1.87. The van der Waals surface area contributed by atoms with Crippen LogP contribution in [-0.4, -0.2) is 13.1 Å². The maximum atomic E-state index is 14.1. The van der Waals surface area contributed by atoms with Crippen LogP contribution in [0.5, 0.6) is 0 Å². The molecule has 0 amide bonds. The van der Waals surface area contributed by atoms with Gasteiger partial charge in [-0.2, -0.15) is 0 Å². The lowest BCUT2D eigenvalue weighted by atomic mass is 10.0. The summed E-state index contributed by atoms with van der Waals surface area (Å²) in [6.45, 7) is 3.94. The molecule has 0 heterocycles. The fourth-order valence-electron chi connectivity index (χ4n) is 2.36. The third kappa shape index (κ3) is 3.17. The predicted octanol–water partition coefficient (Wildman–Crippen LogP) is 3.79. The molecule has 0 radical (unpaired) electrons. The molecule has 0 saturated heterocycles. The van der Waals surface area contributed by atoms with Gasteiger partial charge in [0.2, 0.25) is 0 Å². The maximum absolute atomic E-state index is 14.1. The number of aryl methyl sites for hydroxylation is 1. The smallest absolute Gasteiger partial charge is 0.128 e. The van der Waals surface area contributed by atoms with E-state index in [2.05, 4.69) is 6.07 Å². The van der Waals surface area contributed by atoms with Crippen LogP contribution in [-0.2, 0) is 6.42 Å². The molecule has 3 heteroatoms. The minimum Gasteiger partial charge on any atom is -0.344 e. The van der Waals surface area contributed by atoms with E-state index in [1.54, 1.807) is 6.07 Å². The SMILES string of the molecule is Cc1cccc(N(C)c2cccc(F)c2CC(C)N)c1. The first-order valence-electron chi connectivity index (χ1n) is 6.82. The largest absolute Gasteiger partial charge is 0.344 e. The van der Waals surface area contributed by atoms with Crippen molar-refractivity contribution in [3.8, 4) is 0 Å². The Balaban J connectivity index is 2.44. The minimum absolute atomic E-state index is 0.0726. The number of benzene rings is 2. The average Bonchev–Trinajstić information content (AvgIpc) is 2.40. The van der Waals surface area contributed by atoms with Crippen LogP contribution in [0, 0.1) is 12.7 Å². The van der Waals surface area contributed by atoms with Crippen LogP contribution in [0.3, 0.4) is 0 Å². The normalized spacial score (nSPS) is 12.2. The number of hydrogen-bond donors (Lipinski definition) is 1. The highest BCUT2D eigenvalue weighted by atomic mass is 19.1. The number of rotatable bonds is 4. The summed E-state index contributed by atoms with van der Waals surface area (Å²) in [5, 5.41) is 0. The fraction of sp³-hybridized carbons (Fsp3) is 0.294. The van der Waals surface area contributed by atoms with Crippen LogP contribution in [0.1, 0.15) is 18.1 Å². The molecule has 0 fully saturated rings. The second-order valence-corrected chi connectivity index (χ2v) is 5.32. The third-order valence-corrected chi connectivity index (χ3v) is 3.37. The van der Waals surface area contributed by atoms with Gasteiger partial charge in [-0.1, -0.05) is 18.2 Å². The van der Waals surface area contributed by atoms with Gasteiger partial charge in [0.05, 0.1) is 0 Å². The van der Waals surface area contributed by atoms with Crippen molar-refractivity contribution in [2.24, 2.45) is 5.73 Å². The Morgan fingerprint density at radius 2 is 1.90 bits per heavy atom. The van der Waals surface area contributed by atoms with Gasteiger partial charge in [-0.25, -0.2) is 4.39 Å². The van der Waals surface area contributed by atoms with Crippen molar-refractivity contribution < 1.29 is 4.39 Å². The molecule has 0 bridgehead atoms. The van der Waals surface area contributed by atoms with Gasteiger partial charge in [-0.15, -0.1) is 0 Å². The Kier molecular flexibility index (Phi) is 4.40. The van der Waals surface area contributed by atoms with Crippen LogP contribution in [0.15, 0.2) is 42.5 Å². The van der Waals surface area contributed by atoms with Gasteiger partial charge < -0.3 is 10.6 Å². The van der Waals surface area contributed by atoms with E-state index in [0.29, 0.717) is 12.0 Å². The number of nitrogens with zero attached hydrogens (tertiary/aromatic N) is 1. The summed E-state index contributed by atoms with van der Waals surface area (Å²) < 4.78 is 14.1. The van der Waals surface area contributed by atoms with Crippen molar-refractivity contribution in [2.75, 3.05) is 11.9 Å². The molecule has 0 saturated carbocycles. The van der Waals surface area contributed by atoms with Crippen molar-refractivity contribution in [1.29, 1.82) is 0 Å². The quantitative estimate of drug-likeness (QED) is 0.917. The number of halogens is 1. The molecule has 0 aromatic heterocycles. The molecule has 0 spiro atoms. The third-order valence-electron chi connectivity index (χ3n) is 3.37. The highest BCUT2D eigenvalue weighted by Crippen LogP contribution is 2.29. The molecule has 2 N–H and O–H groups in total. The van der Waals surface area contributed by atoms with Gasteiger partial charge in [0.15, 0.2) is 0 Å². The number of hydrogen-bond acceptors (Lipinski definition) is 2. The number of anilines is 2. The predicted molar refractivity (Wildman–Crippen MR) is 83.0 cm³/mol. The summed E-state index contributed by atoms with van der Waals surface area (Å²) in [6, 6.07) is 13.2. The average molecular weight is 272 g/mol. The van der Waals surface area contributed by atoms with Crippen molar-refractivity contribution in [2.45, 2.75) is 26.3 Å². The molecule has 2 aromatic carbocycles. The molecule has 2 nitrogen and oxygen atoms in total. The van der Waals surface area contributed by atoms with Crippen LogP contribution in [0.4, 0.5) is 15.8 Å². The molecular weight excluding hydrogens is 251 g/mol.